The van der Waals surface area contributed by atoms with Crippen LogP contribution in [0.5, 0.6) is 0 Å². The highest BCUT2D eigenvalue weighted by molar-refractivity contribution is 8.00. The van der Waals surface area contributed by atoms with Crippen LogP contribution in [-0.2, 0) is 16.6 Å². The third-order valence-electron chi connectivity index (χ3n) is 3.42. The van der Waals surface area contributed by atoms with Gasteiger partial charge in [0.05, 0.1) is 12.7 Å². The summed E-state index contributed by atoms with van der Waals surface area (Å²) in [4.78, 5) is 0.220. The summed E-state index contributed by atoms with van der Waals surface area (Å²) in [5, 5.41) is 4.40. The maximum atomic E-state index is 12.4. The average Bonchev–Trinajstić information content (AvgIpc) is 3.01. The lowest BCUT2D eigenvalue weighted by Gasteiger charge is -2.19. The van der Waals surface area contributed by atoms with Crippen LogP contribution in [0.1, 0.15) is 26.2 Å². The zero-order valence-electron chi connectivity index (χ0n) is 11.7. The van der Waals surface area contributed by atoms with Gasteiger partial charge in [0, 0.05) is 24.0 Å². The molecule has 1 aromatic rings. The summed E-state index contributed by atoms with van der Waals surface area (Å²) >= 11 is 1.83. The number of hydrogen-bond donors (Lipinski definition) is 2. The molecular formula is C12H22N4O2S2. The van der Waals surface area contributed by atoms with Crippen LogP contribution in [0, 0.1) is 0 Å². The van der Waals surface area contributed by atoms with Crippen LogP contribution in [0.2, 0.25) is 0 Å². The van der Waals surface area contributed by atoms with Crippen molar-refractivity contribution in [1.29, 1.82) is 0 Å². The third-order valence-corrected chi connectivity index (χ3v) is 6.19. The van der Waals surface area contributed by atoms with E-state index in [0.29, 0.717) is 18.3 Å². The molecule has 1 saturated carbocycles. The number of thioether (sulfide) groups is 1. The van der Waals surface area contributed by atoms with Gasteiger partial charge in [-0.25, -0.2) is 13.1 Å². The SMILES string of the molecule is CCSC1CCCC1NS(=O)(=O)c1cnn(CCN)c1. The van der Waals surface area contributed by atoms with E-state index in [4.69, 9.17) is 5.73 Å². The second kappa shape index (κ2) is 6.93. The number of aromatic nitrogens is 2. The highest BCUT2D eigenvalue weighted by atomic mass is 32.2. The Morgan fingerprint density at radius 1 is 1.55 bits per heavy atom. The molecule has 1 heterocycles. The van der Waals surface area contributed by atoms with Crippen molar-refractivity contribution in [3.8, 4) is 0 Å². The van der Waals surface area contributed by atoms with E-state index in [9.17, 15) is 8.42 Å². The molecule has 0 spiro atoms. The molecule has 114 valence electrons. The van der Waals surface area contributed by atoms with E-state index >= 15 is 0 Å². The molecule has 0 saturated heterocycles. The van der Waals surface area contributed by atoms with Gasteiger partial charge in [0.2, 0.25) is 10.0 Å². The van der Waals surface area contributed by atoms with Crippen molar-refractivity contribution in [3.63, 3.8) is 0 Å². The first-order valence-electron chi connectivity index (χ1n) is 6.93. The Balaban J connectivity index is 2.06. The van der Waals surface area contributed by atoms with E-state index in [1.54, 1.807) is 4.68 Å². The molecule has 20 heavy (non-hydrogen) atoms. The third kappa shape index (κ3) is 3.75. The van der Waals surface area contributed by atoms with Gasteiger partial charge in [-0.05, 0) is 18.6 Å². The predicted molar refractivity (Wildman–Crippen MR) is 81.2 cm³/mol. The van der Waals surface area contributed by atoms with Crippen LogP contribution >= 0.6 is 11.8 Å². The minimum Gasteiger partial charge on any atom is -0.329 e. The van der Waals surface area contributed by atoms with Gasteiger partial charge in [-0.2, -0.15) is 16.9 Å². The molecule has 2 unspecified atom stereocenters. The largest absolute Gasteiger partial charge is 0.329 e. The van der Waals surface area contributed by atoms with Gasteiger partial charge in [-0.1, -0.05) is 13.3 Å². The van der Waals surface area contributed by atoms with Crippen LogP contribution in [0.25, 0.3) is 0 Å². The molecule has 3 N–H and O–H groups in total. The molecule has 0 aliphatic heterocycles. The number of nitrogens with one attached hydrogen (secondary N) is 1. The first-order chi connectivity index (χ1) is 9.56. The van der Waals surface area contributed by atoms with E-state index in [-0.39, 0.29) is 10.9 Å². The highest BCUT2D eigenvalue weighted by Gasteiger charge is 2.31. The molecule has 2 atom stereocenters. The summed E-state index contributed by atoms with van der Waals surface area (Å²) < 4.78 is 29.1. The number of sulfonamides is 1. The first-order valence-corrected chi connectivity index (χ1v) is 9.46. The monoisotopic (exact) mass is 318 g/mol. The Morgan fingerprint density at radius 2 is 2.35 bits per heavy atom. The first kappa shape index (κ1) is 15.8. The van der Waals surface area contributed by atoms with Gasteiger partial charge in [0.1, 0.15) is 4.90 Å². The fraction of sp³-hybridized carbons (Fsp3) is 0.750. The minimum atomic E-state index is -3.48. The average molecular weight is 318 g/mol. The summed E-state index contributed by atoms with van der Waals surface area (Å²) in [6.07, 6.45) is 5.99. The van der Waals surface area contributed by atoms with Crippen molar-refractivity contribution < 1.29 is 8.42 Å². The van der Waals surface area contributed by atoms with Gasteiger partial charge < -0.3 is 5.73 Å². The van der Waals surface area contributed by atoms with Gasteiger partial charge in [-0.3, -0.25) is 4.68 Å². The summed E-state index contributed by atoms with van der Waals surface area (Å²) in [6, 6.07) is 0.0304. The zero-order chi connectivity index (χ0) is 14.6. The van der Waals surface area contributed by atoms with E-state index in [1.165, 1.54) is 12.4 Å². The number of hydrogen-bond acceptors (Lipinski definition) is 5. The van der Waals surface area contributed by atoms with Crippen LogP contribution in [0.3, 0.4) is 0 Å². The second-order valence-electron chi connectivity index (χ2n) is 4.88. The lowest BCUT2D eigenvalue weighted by Crippen LogP contribution is -2.38. The molecule has 0 bridgehead atoms. The van der Waals surface area contributed by atoms with Crippen molar-refractivity contribution in [2.45, 2.75) is 48.9 Å². The minimum absolute atomic E-state index is 0.0304. The lowest BCUT2D eigenvalue weighted by atomic mass is 10.3. The molecule has 2 rings (SSSR count). The molecule has 1 aromatic heterocycles. The van der Waals surface area contributed by atoms with Gasteiger partial charge >= 0.3 is 0 Å². The molecule has 6 nitrogen and oxygen atoms in total. The highest BCUT2D eigenvalue weighted by Crippen LogP contribution is 2.30. The van der Waals surface area contributed by atoms with E-state index in [2.05, 4.69) is 16.7 Å². The van der Waals surface area contributed by atoms with Crippen LogP contribution < -0.4 is 10.5 Å². The Labute approximate surface area is 124 Å². The lowest BCUT2D eigenvalue weighted by molar-refractivity contribution is 0.554. The van der Waals surface area contributed by atoms with Crippen molar-refractivity contribution in [3.05, 3.63) is 12.4 Å². The van der Waals surface area contributed by atoms with Crippen LogP contribution in [0.15, 0.2) is 17.3 Å². The summed E-state index contributed by atoms with van der Waals surface area (Å²) in [6.45, 7) is 3.06. The van der Waals surface area contributed by atoms with Crippen molar-refractivity contribution in [2.75, 3.05) is 12.3 Å². The molecule has 1 fully saturated rings. The molecule has 0 amide bonds. The quantitative estimate of drug-likeness (QED) is 0.776. The number of rotatable bonds is 7. The standard InChI is InChI=1S/C12H22N4O2S2/c1-2-19-12-5-3-4-11(12)15-20(17,18)10-8-14-16(9-10)7-6-13/h8-9,11-12,15H,2-7,13H2,1H3. The summed E-state index contributed by atoms with van der Waals surface area (Å²) in [5.74, 6) is 1.01. The summed E-state index contributed by atoms with van der Waals surface area (Å²) in [5.41, 5.74) is 5.43. The zero-order valence-corrected chi connectivity index (χ0v) is 13.3. The second-order valence-corrected chi connectivity index (χ2v) is 8.11. The molecule has 8 heteroatoms. The van der Waals surface area contributed by atoms with E-state index in [0.717, 1.165) is 25.0 Å². The van der Waals surface area contributed by atoms with Gasteiger partial charge in [0.15, 0.2) is 0 Å². The topological polar surface area (TPSA) is 90.0 Å². The predicted octanol–water partition coefficient (Wildman–Crippen LogP) is 0.794. The Kier molecular flexibility index (Phi) is 5.48. The van der Waals surface area contributed by atoms with E-state index in [1.807, 2.05) is 11.8 Å². The Bertz CT molecular complexity index is 529. The molecule has 1 aliphatic carbocycles. The number of nitrogens with zero attached hydrogens (tertiary/aromatic N) is 2. The Hall–Kier alpha value is -0.570. The molecule has 0 radical (unpaired) electrons. The molecule has 0 aromatic carbocycles. The summed E-state index contributed by atoms with van der Waals surface area (Å²) in [7, 11) is -3.48. The normalized spacial score (nSPS) is 23.3. The van der Waals surface area contributed by atoms with Crippen molar-refractivity contribution >= 4 is 21.8 Å². The van der Waals surface area contributed by atoms with Crippen LogP contribution in [0.4, 0.5) is 0 Å². The molecular weight excluding hydrogens is 296 g/mol. The van der Waals surface area contributed by atoms with E-state index < -0.39 is 10.0 Å². The van der Waals surface area contributed by atoms with Crippen molar-refractivity contribution in [1.82, 2.24) is 14.5 Å². The number of nitrogens with two attached hydrogens (primary N) is 1. The fourth-order valence-electron chi connectivity index (χ4n) is 2.48. The molecule has 1 aliphatic rings. The van der Waals surface area contributed by atoms with Gasteiger partial charge in [0.25, 0.3) is 0 Å². The smallest absolute Gasteiger partial charge is 0.243 e. The maximum absolute atomic E-state index is 12.4. The van der Waals surface area contributed by atoms with Gasteiger partial charge in [-0.15, -0.1) is 0 Å². The fourth-order valence-corrected chi connectivity index (χ4v) is 5.03. The maximum Gasteiger partial charge on any atom is 0.243 e. The Morgan fingerprint density at radius 3 is 3.05 bits per heavy atom. The van der Waals surface area contributed by atoms with Crippen molar-refractivity contribution in [2.24, 2.45) is 5.73 Å². The van der Waals surface area contributed by atoms with Crippen LogP contribution in [-0.4, -0.2) is 41.8 Å².